The van der Waals surface area contributed by atoms with Crippen LogP contribution in [0.2, 0.25) is 0 Å². The van der Waals surface area contributed by atoms with Crippen LogP contribution in [0.25, 0.3) is 43.0 Å². The Morgan fingerprint density at radius 3 is 2.45 bits per heavy atom. The summed E-state index contributed by atoms with van der Waals surface area (Å²) in [7, 11) is 0. The maximum atomic E-state index is 3.57. The smallest absolute Gasteiger partial charge is 0.0471 e. The summed E-state index contributed by atoms with van der Waals surface area (Å²) in [6.07, 6.45) is 0. The fraction of sp³-hybridized carbons (Fsp3) is 0. The monoisotopic (exact) mass is 299 g/mol. The molecule has 104 valence electrons. The zero-order chi connectivity index (χ0) is 14.5. The van der Waals surface area contributed by atoms with Crippen molar-refractivity contribution in [3.63, 3.8) is 0 Å². The molecule has 22 heavy (non-hydrogen) atoms. The van der Waals surface area contributed by atoms with Crippen molar-refractivity contribution in [2.24, 2.45) is 0 Å². The minimum atomic E-state index is 1.19. The van der Waals surface area contributed by atoms with Crippen molar-refractivity contribution < 1.29 is 0 Å². The first-order valence-corrected chi connectivity index (χ1v) is 8.25. The Balaban J connectivity index is 1.92. The van der Waals surface area contributed by atoms with Gasteiger partial charge in [-0.15, -0.1) is 11.3 Å². The minimum absolute atomic E-state index is 1.19. The second kappa shape index (κ2) is 4.46. The molecule has 0 aliphatic carbocycles. The van der Waals surface area contributed by atoms with Gasteiger partial charge in [0.1, 0.15) is 0 Å². The molecule has 5 aromatic rings. The largest absolute Gasteiger partial charge is 0.355 e. The van der Waals surface area contributed by atoms with E-state index in [0.29, 0.717) is 0 Å². The molecule has 1 nitrogen and oxygen atoms in total. The highest BCUT2D eigenvalue weighted by molar-refractivity contribution is 7.17. The van der Waals surface area contributed by atoms with Crippen LogP contribution < -0.4 is 0 Å². The van der Waals surface area contributed by atoms with Crippen molar-refractivity contribution in [1.29, 1.82) is 0 Å². The first kappa shape index (κ1) is 12.0. The lowest BCUT2D eigenvalue weighted by molar-refractivity contribution is 1.47. The van der Waals surface area contributed by atoms with Gasteiger partial charge in [0.05, 0.1) is 0 Å². The lowest BCUT2D eigenvalue weighted by Crippen LogP contribution is -1.82. The molecule has 0 amide bonds. The number of thiophene rings is 1. The van der Waals surface area contributed by atoms with E-state index < -0.39 is 0 Å². The van der Waals surface area contributed by atoms with E-state index >= 15 is 0 Å². The molecule has 0 spiro atoms. The third kappa shape index (κ3) is 1.65. The Bertz CT molecular complexity index is 1100. The van der Waals surface area contributed by atoms with Gasteiger partial charge in [0, 0.05) is 32.2 Å². The number of para-hydroxylation sites is 1. The molecular weight excluding hydrogens is 286 g/mol. The van der Waals surface area contributed by atoms with Gasteiger partial charge in [-0.25, -0.2) is 0 Å². The number of aromatic nitrogens is 1. The lowest BCUT2D eigenvalue weighted by atomic mass is 9.99. The Hall–Kier alpha value is -2.58. The van der Waals surface area contributed by atoms with E-state index in [2.05, 4.69) is 77.1 Å². The topological polar surface area (TPSA) is 15.8 Å². The van der Waals surface area contributed by atoms with Crippen LogP contribution in [0.15, 0.2) is 72.1 Å². The molecule has 0 fully saturated rings. The number of nitrogens with one attached hydrogen (secondary N) is 1. The first-order valence-electron chi connectivity index (χ1n) is 7.37. The van der Waals surface area contributed by atoms with Gasteiger partial charge in [0.25, 0.3) is 0 Å². The molecule has 0 bridgehead atoms. The zero-order valence-electron chi connectivity index (χ0n) is 11.8. The minimum Gasteiger partial charge on any atom is -0.355 e. The van der Waals surface area contributed by atoms with E-state index in [-0.39, 0.29) is 0 Å². The molecule has 3 aromatic carbocycles. The van der Waals surface area contributed by atoms with Crippen molar-refractivity contribution in [2.75, 3.05) is 0 Å². The highest BCUT2D eigenvalue weighted by atomic mass is 32.1. The predicted octanol–water partition coefficient (Wildman–Crippen LogP) is 6.20. The van der Waals surface area contributed by atoms with Gasteiger partial charge >= 0.3 is 0 Å². The molecule has 0 unspecified atom stereocenters. The summed E-state index contributed by atoms with van der Waals surface area (Å²) in [5.74, 6) is 0. The fourth-order valence-electron chi connectivity index (χ4n) is 3.26. The molecule has 2 heterocycles. The van der Waals surface area contributed by atoms with E-state index in [1.807, 2.05) is 0 Å². The van der Waals surface area contributed by atoms with Crippen LogP contribution in [-0.2, 0) is 0 Å². The molecular formula is C20H13NS. The van der Waals surface area contributed by atoms with Gasteiger partial charge in [-0.05, 0) is 40.4 Å². The standard InChI is InChI=1S/C20H13NS/c1-4-8-18-13(5-1)11-19(21-18)17-12-20-16(9-10-22-20)14-6-2-3-7-15(14)17/h1-12,21H. The van der Waals surface area contributed by atoms with Crippen LogP contribution in [0, 0.1) is 0 Å². The molecule has 1 N–H and O–H groups in total. The number of rotatable bonds is 1. The molecule has 2 aromatic heterocycles. The Kier molecular flexibility index (Phi) is 2.43. The SMILES string of the molecule is c1ccc2[nH]c(-c3cc4sccc4c4ccccc34)cc2c1. The average molecular weight is 299 g/mol. The van der Waals surface area contributed by atoms with Gasteiger partial charge in [0.2, 0.25) is 0 Å². The van der Waals surface area contributed by atoms with Crippen LogP contribution in [-0.4, -0.2) is 4.98 Å². The Morgan fingerprint density at radius 1 is 0.727 bits per heavy atom. The number of benzene rings is 3. The van der Waals surface area contributed by atoms with Crippen LogP contribution in [0.3, 0.4) is 0 Å². The molecule has 5 rings (SSSR count). The van der Waals surface area contributed by atoms with Gasteiger partial charge in [-0.1, -0.05) is 42.5 Å². The summed E-state index contributed by atoms with van der Waals surface area (Å²) >= 11 is 1.80. The van der Waals surface area contributed by atoms with E-state index in [1.165, 1.54) is 43.0 Å². The van der Waals surface area contributed by atoms with Gasteiger partial charge in [-0.3, -0.25) is 0 Å². The number of hydrogen-bond donors (Lipinski definition) is 1. The van der Waals surface area contributed by atoms with Crippen molar-refractivity contribution in [3.8, 4) is 11.3 Å². The maximum Gasteiger partial charge on any atom is 0.0471 e. The predicted molar refractivity (Wildman–Crippen MR) is 96.6 cm³/mol. The summed E-state index contributed by atoms with van der Waals surface area (Å²) in [5, 5.41) is 7.41. The molecule has 2 heteroatoms. The second-order valence-electron chi connectivity index (χ2n) is 5.57. The summed E-state index contributed by atoms with van der Waals surface area (Å²) in [4.78, 5) is 3.57. The van der Waals surface area contributed by atoms with Crippen molar-refractivity contribution >= 4 is 43.1 Å². The highest BCUT2D eigenvalue weighted by Gasteiger charge is 2.10. The van der Waals surface area contributed by atoms with Gasteiger partial charge in [0.15, 0.2) is 0 Å². The molecule has 0 atom stereocenters. The Labute approximate surface area is 131 Å². The average Bonchev–Trinajstić information content (AvgIpc) is 3.20. The van der Waals surface area contributed by atoms with Crippen LogP contribution in [0.4, 0.5) is 0 Å². The van der Waals surface area contributed by atoms with Gasteiger partial charge in [-0.2, -0.15) is 0 Å². The van der Waals surface area contributed by atoms with E-state index in [4.69, 9.17) is 0 Å². The second-order valence-corrected chi connectivity index (χ2v) is 6.52. The van der Waals surface area contributed by atoms with Gasteiger partial charge < -0.3 is 4.98 Å². The molecule has 0 aliphatic heterocycles. The molecule has 0 aliphatic rings. The number of fused-ring (bicyclic) bond motifs is 4. The highest BCUT2D eigenvalue weighted by Crippen LogP contribution is 2.37. The van der Waals surface area contributed by atoms with E-state index in [9.17, 15) is 0 Å². The van der Waals surface area contributed by atoms with Crippen LogP contribution in [0.1, 0.15) is 0 Å². The third-order valence-electron chi connectivity index (χ3n) is 4.30. The van der Waals surface area contributed by atoms with Crippen LogP contribution >= 0.6 is 11.3 Å². The van der Waals surface area contributed by atoms with Crippen molar-refractivity contribution in [3.05, 3.63) is 72.1 Å². The molecule has 0 saturated carbocycles. The number of aromatic amines is 1. The summed E-state index contributed by atoms with van der Waals surface area (Å²) in [6.45, 7) is 0. The number of hydrogen-bond acceptors (Lipinski definition) is 1. The first-order chi connectivity index (χ1) is 10.9. The third-order valence-corrected chi connectivity index (χ3v) is 5.16. The summed E-state index contributed by atoms with van der Waals surface area (Å²) in [6, 6.07) is 23.9. The van der Waals surface area contributed by atoms with Crippen molar-refractivity contribution in [2.45, 2.75) is 0 Å². The molecule has 0 radical (unpaired) electrons. The summed E-state index contributed by atoms with van der Waals surface area (Å²) < 4.78 is 1.34. The lowest BCUT2D eigenvalue weighted by Gasteiger charge is -2.06. The van der Waals surface area contributed by atoms with E-state index in [1.54, 1.807) is 11.3 Å². The fourth-order valence-corrected chi connectivity index (χ4v) is 4.10. The van der Waals surface area contributed by atoms with Crippen LogP contribution in [0.5, 0.6) is 0 Å². The quantitative estimate of drug-likeness (QED) is 0.379. The molecule has 0 saturated heterocycles. The zero-order valence-corrected chi connectivity index (χ0v) is 12.7. The van der Waals surface area contributed by atoms with E-state index in [0.717, 1.165) is 0 Å². The number of H-pyrrole nitrogens is 1. The Morgan fingerprint density at radius 2 is 1.55 bits per heavy atom. The maximum absolute atomic E-state index is 3.57. The van der Waals surface area contributed by atoms with Crippen molar-refractivity contribution in [1.82, 2.24) is 4.98 Å². The normalized spacial score (nSPS) is 11.6. The summed E-state index contributed by atoms with van der Waals surface area (Å²) in [5.41, 5.74) is 3.65.